The van der Waals surface area contributed by atoms with Gasteiger partial charge in [0.1, 0.15) is 7.85 Å². The van der Waals surface area contributed by atoms with Gasteiger partial charge in [0.05, 0.1) is 0 Å². The van der Waals surface area contributed by atoms with E-state index in [1.165, 1.54) is 12.8 Å². The van der Waals surface area contributed by atoms with Gasteiger partial charge in [-0.1, -0.05) is 5.82 Å². The Morgan fingerprint density at radius 1 is 1.57 bits per heavy atom. The van der Waals surface area contributed by atoms with Gasteiger partial charge in [-0.2, -0.15) is 0 Å². The highest BCUT2D eigenvalue weighted by molar-refractivity contribution is 6.12. The summed E-state index contributed by atoms with van der Waals surface area (Å²) < 4.78 is 0. The van der Waals surface area contributed by atoms with E-state index in [0.717, 1.165) is 11.9 Å². The molecule has 40 valence electrons. The maximum absolute atomic E-state index is 3.23. The zero-order chi connectivity index (χ0) is 5.28. The molecule has 0 aromatic rings. The number of nitrogens with one attached hydrogen (secondary N) is 1. The molecule has 1 N–H and O–H groups in total. The molecule has 0 spiro atoms. The van der Waals surface area contributed by atoms with Crippen molar-refractivity contribution < 1.29 is 0 Å². The van der Waals surface area contributed by atoms with Crippen LogP contribution in [0.3, 0.4) is 0 Å². The number of rotatable bonds is 1. The first-order valence-corrected chi connectivity index (χ1v) is 3.00. The summed E-state index contributed by atoms with van der Waals surface area (Å²) in [4.78, 5) is 0. The summed E-state index contributed by atoms with van der Waals surface area (Å²) in [6.07, 6.45) is 2.77. The maximum Gasteiger partial charge on any atom is 0.105 e. The standard InChI is InChI=1S/C5H12BN/c1-7-5-2-4(6)3-5/h4-5,7H,2-3,6H2,1H3/t4-,5-. The minimum Gasteiger partial charge on any atom is -0.317 e. The second kappa shape index (κ2) is 1.87. The molecule has 1 saturated carbocycles. The van der Waals surface area contributed by atoms with Crippen molar-refractivity contribution in [2.75, 3.05) is 7.05 Å². The van der Waals surface area contributed by atoms with E-state index >= 15 is 0 Å². The SMILES string of the molecule is B[C@H]1C[C@H](NC)C1. The molecule has 1 fully saturated rings. The van der Waals surface area contributed by atoms with E-state index in [9.17, 15) is 0 Å². The molecule has 0 saturated heterocycles. The number of hydrogen-bond donors (Lipinski definition) is 1. The third kappa shape index (κ3) is 0.971. The van der Waals surface area contributed by atoms with Gasteiger partial charge in [0.25, 0.3) is 0 Å². The van der Waals surface area contributed by atoms with Crippen molar-refractivity contribution in [3.8, 4) is 0 Å². The highest BCUT2D eigenvalue weighted by Crippen LogP contribution is 2.28. The van der Waals surface area contributed by atoms with Crippen LogP contribution >= 0.6 is 0 Å². The van der Waals surface area contributed by atoms with Crippen LogP contribution in [0.2, 0.25) is 5.82 Å². The van der Waals surface area contributed by atoms with Gasteiger partial charge in [-0.3, -0.25) is 0 Å². The first-order chi connectivity index (χ1) is 3.33. The lowest BCUT2D eigenvalue weighted by molar-refractivity contribution is 0.362. The van der Waals surface area contributed by atoms with Crippen LogP contribution in [0.5, 0.6) is 0 Å². The molecular formula is C5H12BN. The summed E-state index contributed by atoms with van der Waals surface area (Å²) in [5, 5.41) is 3.23. The Kier molecular flexibility index (Phi) is 1.38. The van der Waals surface area contributed by atoms with E-state index < -0.39 is 0 Å². The largest absolute Gasteiger partial charge is 0.317 e. The van der Waals surface area contributed by atoms with E-state index in [4.69, 9.17) is 0 Å². The molecule has 0 bridgehead atoms. The third-order valence-corrected chi connectivity index (χ3v) is 1.78. The van der Waals surface area contributed by atoms with Gasteiger partial charge in [0, 0.05) is 6.04 Å². The van der Waals surface area contributed by atoms with Crippen molar-refractivity contribution >= 4 is 7.85 Å². The van der Waals surface area contributed by atoms with Crippen molar-refractivity contribution in [3.05, 3.63) is 0 Å². The number of hydrogen-bond acceptors (Lipinski definition) is 1. The summed E-state index contributed by atoms with van der Waals surface area (Å²) in [7, 11) is 4.34. The van der Waals surface area contributed by atoms with Crippen molar-refractivity contribution in [2.24, 2.45) is 0 Å². The van der Waals surface area contributed by atoms with Crippen LogP contribution in [0.4, 0.5) is 0 Å². The fraction of sp³-hybridized carbons (Fsp3) is 1.00. The Morgan fingerprint density at radius 2 is 2.14 bits per heavy atom. The lowest BCUT2D eigenvalue weighted by Gasteiger charge is -2.32. The van der Waals surface area contributed by atoms with E-state index in [1.807, 2.05) is 7.05 Å². The zero-order valence-corrected chi connectivity index (χ0v) is 5.07. The van der Waals surface area contributed by atoms with E-state index in [1.54, 1.807) is 0 Å². The smallest absolute Gasteiger partial charge is 0.105 e. The summed E-state index contributed by atoms with van der Waals surface area (Å²) in [6, 6.07) is 0.843. The lowest BCUT2D eigenvalue weighted by atomic mass is 9.68. The van der Waals surface area contributed by atoms with Crippen LogP contribution in [0.25, 0.3) is 0 Å². The molecule has 1 aliphatic rings. The molecule has 7 heavy (non-hydrogen) atoms. The van der Waals surface area contributed by atoms with Gasteiger partial charge >= 0.3 is 0 Å². The van der Waals surface area contributed by atoms with E-state index in [0.29, 0.717) is 0 Å². The topological polar surface area (TPSA) is 12.0 Å². The van der Waals surface area contributed by atoms with Crippen LogP contribution in [-0.4, -0.2) is 20.9 Å². The minimum atomic E-state index is 0.843. The predicted octanol–water partition coefficient (Wildman–Crippen LogP) is -0.210. The molecule has 0 amide bonds. The third-order valence-electron chi connectivity index (χ3n) is 1.78. The Labute approximate surface area is 45.9 Å². The summed E-state index contributed by atoms with van der Waals surface area (Å²) in [6.45, 7) is 0. The van der Waals surface area contributed by atoms with Crippen LogP contribution < -0.4 is 5.32 Å². The first kappa shape index (κ1) is 5.17. The molecule has 0 radical (unpaired) electrons. The zero-order valence-electron chi connectivity index (χ0n) is 5.07. The molecule has 0 aliphatic heterocycles. The van der Waals surface area contributed by atoms with Crippen LogP contribution in [0.15, 0.2) is 0 Å². The summed E-state index contributed by atoms with van der Waals surface area (Å²) in [5.74, 6) is 0.984. The minimum absolute atomic E-state index is 0.843. The quantitative estimate of drug-likeness (QED) is 0.446. The molecule has 0 aromatic heterocycles. The molecule has 0 aromatic carbocycles. The van der Waals surface area contributed by atoms with Crippen molar-refractivity contribution in [2.45, 2.75) is 24.7 Å². The first-order valence-electron chi connectivity index (χ1n) is 3.00. The summed E-state index contributed by atoms with van der Waals surface area (Å²) >= 11 is 0. The Bertz CT molecular complexity index is 59.1. The van der Waals surface area contributed by atoms with Crippen LogP contribution in [-0.2, 0) is 0 Å². The van der Waals surface area contributed by atoms with Gasteiger partial charge in [0.15, 0.2) is 0 Å². The highest BCUT2D eigenvalue weighted by atomic mass is 14.9. The average molecular weight is 97.0 g/mol. The normalized spacial score (nSPS) is 40.1. The Morgan fingerprint density at radius 3 is 2.29 bits per heavy atom. The molecule has 1 nitrogen and oxygen atoms in total. The molecular weight excluding hydrogens is 84.9 g/mol. The Balaban J connectivity index is 2.06. The van der Waals surface area contributed by atoms with Gasteiger partial charge in [-0.15, -0.1) is 0 Å². The monoisotopic (exact) mass is 97.1 g/mol. The highest BCUT2D eigenvalue weighted by Gasteiger charge is 2.22. The second-order valence-electron chi connectivity index (χ2n) is 2.56. The van der Waals surface area contributed by atoms with Gasteiger partial charge in [0.2, 0.25) is 0 Å². The lowest BCUT2D eigenvalue weighted by Crippen LogP contribution is -2.36. The van der Waals surface area contributed by atoms with Crippen molar-refractivity contribution in [1.29, 1.82) is 0 Å². The van der Waals surface area contributed by atoms with Crippen LogP contribution in [0.1, 0.15) is 12.8 Å². The van der Waals surface area contributed by atoms with Gasteiger partial charge in [-0.05, 0) is 19.9 Å². The Hall–Kier alpha value is 0.0249. The molecule has 0 unspecified atom stereocenters. The van der Waals surface area contributed by atoms with E-state index in [-0.39, 0.29) is 0 Å². The molecule has 1 rings (SSSR count). The van der Waals surface area contributed by atoms with Crippen molar-refractivity contribution in [1.82, 2.24) is 5.32 Å². The van der Waals surface area contributed by atoms with Gasteiger partial charge in [-0.25, -0.2) is 0 Å². The predicted molar refractivity (Wildman–Crippen MR) is 34.4 cm³/mol. The molecule has 1 aliphatic carbocycles. The maximum atomic E-state index is 3.23. The fourth-order valence-corrected chi connectivity index (χ4v) is 1.14. The molecule has 0 atom stereocenters. The summed E-state index contributed by atoms with van der Waals surface area (Å²) in [5.41, 5.74) is 0. The molecule has 0 heterocycles. The van der Waals surface area contributed by atoms with E-state index in [2.05, 4.69) is 13.2 Å². The second-order valence-corrected chi connectivity index (χ2v) is 2.56. The fourth-order valence-electron chi connectivity index (χ4n) is 1.14. The molecule has 2 heteroatoms. The van der Waals surface area contributed by atoms with Gasteiger partial charge < -0.3 is 5.32 Å². The van der Waals surface area contributed by atoms with Crippen LogP contribution in [0, 0.1) is 0 Å². The van der Waals surface area contributed by atoms with Crippen molar-refractivity contribution in [3.63, 3.8) is 0 Å². The average Bonchev–Trinajstić information content (AvgIpc) is 1.58.